The van der Waals surface area contributed by atoms with E-state index in [9.17, 15) is 9.59 Å². The van der Waals surface area contributed by atoms with Gasteiger partial charge >= 0.3 is 0 Å². The van der Waals surface area contributed by atoms with E-state index in [2.05, 4.69) is 20.3 Å². The molecule has 1 saturated heterocycles. The van der Waals surface area contributed by atoms with E-state index >= 15 is 0 Å². The average Bonchev–Trinajstić information content (AvgIpc) is 3.24. The number of hydrogen-bond donors (Lipinski definition) is 1. The largest absolute Gasteiger partial charge is 0.353 e. The zero-order chi connectivity index (χ0) is 18.3. The van der Waals surface area contributed by atoms with Crippen molar-refractivity contribution in [2.24, 2.45) is 7.05 Å². The first-order valence-corrected chi connectivity index (χ1v) is 8.56. The summed E-state index contributed by atoms with van der Waals surface area (Å²) in [7, 11) is 1.64. The number of carbonyl (C=O) groups is 1. The Labute approximate surface area is 150 Å². The van der Waals surface area contributed by atoms with E-state index in [0.717, 1.165) is 30.1 Å². The Morgan fingerprint density at radius 1 is 1.31 bits per heavy atom. The lowest BCUT2D eigenvalue weighted by atomic mass is 10.2. The SMILES string of the molecule is Cc1cnc2ccc(N3CC[C@H](NC(=O)c4cccn(C)c4=O)C3)nn12. The quantitative estimate of drug-likeness (QED) is 0.752. The highest BCUT2D eigenvalue weighted by molar-refractivity contribution is 5.94. The molecule has 8 nitrogen and oxygen atoms in total. The molecule has 1 atom stereocenters. The number of fused-ring (bicyclic) bond motifs is 1. The zero-order valence-corrected chi connectivity index (χ0v) is 14.7. The number of anilines is 1. The summed E-state index contributed by atoms with van der Waals surface area (Å²) in [6, 6.07) is 7.12. The molecule has 1 fully saturated rings. The molecule has 3 aromatic rings. The Bertz CT molecular complexity index is 1040. The third-order valence-electron chi connectivity index (χ3n) is 4.73. The number of carbonyl (C=O) groups excluding carboxylic acids is 1. The van der Waals surface area contributed by atoms with Crippen LogP contribution in [0, 0.1) is 6.92 Å². The molecule has 1 aliphatic heterocycles. The molecule has 0 unspecified atom stereocenters. The van der Waals surface area contributed by atoms with E-state index in [4.69, 9.17) is 0 Å². The van der Waals surface area contributed by atoms with Crippen molar-refractivity contribution >= 4 is 17.4 Å². The molecule has 3 aromatic heterocycles. The fraction of sp³-hybridized carbons (Fsp3) is 0.333. The van der Waals surface area contributed by atoms with Crippen molar-refractivity contribution in [3.63, 3.8) is 0 Å². The van der Waals surface area contributed by atoms with Crippen LogP contribution in [0.5, 0.6) is 0 Å². The Morgan fingerprint density at radius 2 is 2.15 bits per heavy atom. The molecule has 0 bridgehead atoms. The number of nitrogens with one attached hydrogen (secondary N) is 1. The van der Waals surface area contributed by atoms with Gasteiger partial charge in [-0.25, -0.2) is 9.50 Å². The monoisotopic (exact) mass is 352 g/mol. The number of nitrogens with zero attached hydrogens (tertiary/aromatic N) is 5. The normalized spacial score (nSPS) is 17.0. The number of amides is 1. The minimum absolute atomic E-state index is 0.0196. The highest BCUT2D eigenvalue weighted by Gasteiger charge is 2.26. The summed E-state index contributed by atoms with van der Waals surface area (Å²) >= 11 is 0. The van der Waals surface area contributed by atoms with Gasteiger partial charge < -0.3 is 14.8 Å². The first-order chi connectivity index (χ1) is 12.5. The van der Waals surface area contributed by atoms with Crippen LogP contribution in [0.3, 0.4) is 0 Å². The minimum atomic E-state index is -0.327. The lowest BCUT2D eigenvalue weighted by molar-refractivity contribution is 0.0938. The Morgan fingerprint density at radius 3 is 3.00 bits per heavy atom. The molecule has 0 saturated carbocycles. The molecule has 1 aliphatic rings. The van der Waals surface area contributed by atoms with Crippen LogP contribution in [0.4, 0.5) is 5.82 Å². The van der Waals surface area contributed by atoms with E-state index < -0.39 is 0 Å². The molecule has 0 spiro atoms. The Balaban J connectivity index is 1.47. The molecule has 1 amide bonds. The number of pyridine rings is 1. The summed E-state index contributed by atoms with van der Waals surface area (Å²) in [5.74, 6) is 0.526. The van der Waals surface area contributed by atoms with Crippen molar-refractivity contribution in [2.45, 2.75) is 19.4 Å². The topological polar surface area (TPSA) is 84.5 Å². The zero-order valence-electron chi connectivity index (χ0n) is 14.7. The van der Waals surface area contributed by atoms with Crippen molar-refractivity contribution in [1.29, 1.82) is 0 Å². The number of aryl methyl sites for hydroxylation is 2. The first kappa shape index (κ1) is 16.3. The molecule has 4 rings (SSSR count). The second kappa shape index (κ2) is 6.29. The molecular weight excluding hydrogens is 332 g/mol. The smallest absolute Gasteiger partial charge is 0.263 e. The lowest BCUT2D eigenvalue weighted by Gasteiger charge is -2.18. The van der Waals surface area contributed by atoms with Crippen molar-refractivity contribution in [2.75, 3.05) is 18.0 Å². The highest BCUT2D eigenvalue weighted by Crippen LogP contribution is 2.19. The van der Waals surface area contributed by atoms with Crippen molar-refractivity contribution < 1.29 is 4.79 Å². The Hall–Kier alpha value is -3.16. The third-order valence-corrected chi connectivity index (χ3v) is 4.73. The van der Waals surface area contributed by atoms with Crippen LogP contribution in [0.1, 0.15) is 22.5 Å². The number of hydrogen-bond acceptors (Lipinski definition) is 5. The maximum Gasteiger partial charge on any atom is 0.263 e. The van der Waals surface area contributed by atoms with Gasteiger partial charge in [-0.2, -0.15) is 0 Å². The second-order valence-electron chi connectivity index (χ2n) is 6.60. The molecule has 8 heteroatoms. The van der Waals surface area contributed by atoms with Gasteiger partial charge in [-0.3, -0.25) is 9.59 Å². The maximum atomic E-state index is 12.4. The van der Waals surface area contributed by atoms with Crippen LogP contribution < -0.4 is 15.8 Å². The number of aromatic nitrogens is 4. The molecule has 0 aliphatic carbocycles. The van der Waals surface area contributed by atoms with Gasteiger partial charge in [0.05, 0.1) is 11.9 Å². The van der Waals surface area contributed by atoms with Crippen LogP contribution in [0.2, 0.25) is 0 Å². The second-order valence-corrected chi connectivity index (χ2v) is 6.60. The summed E-state index contributed by atoms with van der Waals surface area (Å²) in [4.78, 5) is 30.9. The molecule has 0 aromatic carbocycles. The van der Waals surface area contributed by atoms with Crippen LogP contribution >= 0.6 is 0 Å². The summed E-state index contributed by atoms with van der Waals surface area (Å²) in [6.07, 6.45) is 4.23. The molecule has 4 heterocycles. The van der Waals surface area contributed by atoms with Crippen molar-refractivity contribution in [3.8, 4) is 0 Å². The number of rotatable bonds is 3. The molecule has 1 N–H and O–H groups in total. The molecule has 26 heavy (non-hydrogen) atoms. The van der Waals surface area contributed by atoms with Gasteiger partial charge in [0, 0.05) is 32.4 Å². The molecular formula is C18H20N6O2. The molecule has 0 radical (unpaired) electrons. The lowest BCUT2D eigenvalue weighted by Crippen LogP contribution is -2.40. The van der Waals surface area contributed by atoms with Crippen molar-refractivity contribution in [1.82, 2.24) is 24.5 Å². The van der Waals surface area contributed by atoms with E-state index in [0.29, 0.717) is 6.54 Å². The maximum absolute atomic E-state index is 12.4. The summed E-state index contributed by atoms with van der Waals surface area (Å²) in [5, 5.41) is 7.59. The third kappa shape index (κ3) is 2.83. The molecule has 134 valence electrons. The van der Waals surface area contributed by atoms with Crippen LogP contribution in [0.15, 0.2) is 41.5 Å². The minimum Gasteiger partial charge on any atom is -0.353 e. The summed E-state index contributed by atoms with van der Waals surface area (Å²) in [5.41, 5.74) is 1.67. The predicted molar refractivity (Wildman–Crippen MR) is 97.5 cm³/mol. The van der Waals surface area contributed by atoms with E-state index in [1.165, 1.54) is 4.57 Å². The van der Waals surface area contributed by atoms with E-state index in [1.54, 1.807) is 31.6 Å². The van der Waals surface area contributed by atoms with E-state index in [-0.39, 0.29) is 23.1 Å². The van der Waals surface area contributed by atoms with Gasteiger partial charge in [-0.15, -0.1) is 5.10 Å². The van der Waals surface area contributed by atoms with Crippen molar-refractivity contribution in [3.05, 3.63) is 58.3 Å². The summed E-state index contributed by atoms with van der Waals surface area (Å²) < 4.78 is 3.22. The summed E-state index contributed by atoms with van der Waals surface area (Å²) in [6.45, 7) is 3.42. The van der Waals surface area contributed by atoms with Gasteiger partial charge in [0.25, 0.3) is 11.5 Å². The predicted octanol–water partition coefficient (Wildman–Crippen LogP) is 0.745. The van der Waals surface area contributed by atoms with Crippen LogP contribution in [-0.4, -0.2) is 44.2 Å². The standard InChI is InChI=1S/C18H20N6O2/c1-12-10-19-15-5-6-16(21-24(12)15)23-9-7-13(11-23)20-17(25)14-4-3-8-22(2)18(14)26/h3-6,8,10,13H,7,9,11H2,1-2H3,(H,20,25)/t13-/m0/s1. The first-order valence-electron chi connectivity index (χ1n) is 8.56. The van der Waals surface area contributed by atoms with Crippen LogP contribution in [-0.2, 0) is 7.05 Å². The van der Waals surface area contributed by atoms with Gasteiger partial charge in [0.2, 0.25) is 0 Å². The van der Waals surface area contributed by atoms with Gasteiger partial charge in [-0.1, -0.05) is 0 Å². The fourth-order valence-corrected chi connectivity index (χ4v) is 3.27. The fourth-order valence-electron chi connectivity index (χ4n) is 3.27. The Kier molecular flexibility index (Phi) is 3.95. The number of imidazole rings is 1. The van der Waals surface area contributed by atoms with E-state index in [1.807, 2.05) is 23.6 Å². The van der Waals surface area contributed by atoms with Gasteiger partial charge in [-0.05, 0) is 37.6 Å². The van der Waals surface area contributed by atoms with Crippen LogP contribution in [0.25, 0.3) is 5.65 Å². The van der Waals surface area contributed by atoms with Gasteiger partial charge in [0.1, 0.15) is 11.4 Å². The van der Waals surface area contributed by atoms with Gasteiger partial charge in [0.15, 0.2) is 5.65 Å². The highest BCUT2D eigenvalue weighted by atomic mass is 16.2. The average molecular weight is 352 g/mol.